The minimum absolute atomic E-state index is 0. The second kappa shape index (κ2) is 13.6. The quantitative estimate of drug-likeness (QED) is 0.285. The van der Waals surface area contributed by atoms with Gasteiger partial charge in [0, 0.05) is 31.2 Å². The molecule has 0 aliphatic rings. The Hall–Kier alpha value is -0.580. The SMILES string of the molecule is CCNC(=NCCS(=O)(=O)N(CC)CC)NCCc1ccccc1Cl.I. The number of nitrogens with one attached hydrogen (secondary N) is 2. The van der Waals surface area contributed by atoms with Crippen molar-refractivity contribution in [2.75, 3.05) is 38.5 Å². The van der Waals surface area contributed by atoms with Gasteiger partial charge in [-0.1, -0.05) is 43.6 Å². The van der Waals surface area contributed by atoms with Crippen LogP contribution in [0.4, 0.5) is 0 Å². The Bertz CT molecular complexity index is 652. The molecule has 0 unspecified atom stereocenters. The fourth-order valence-corrected chi connectivity index (χ4v) is 3.97. The van der Waals surface area contributed by atoms with Crippen molar-refractivity contribution in [3.63, 3.8) is 0 Å². The first-order chi connectivity index (χ1) is 11.9. The van der Waals surface area contributed by atoms with Crippen molar-refractivity contribution in [1.82, 2.24) is 14.9 Å². The summed E-state index contributed by atoms with van der Waals surface area (Å²) >= 11 is 6.15. The molecule has 0 aliphatic carbocycles. The van der Waals surface area contributed by atoms with Gasteiger partial charge in [-0.15, -0.1) is 24.0 Å². The maximum absolute atomic E-state index is 12.2. The molecule has 1 aromatic rings. The van der Waals surface area contributed by atoms with E-state index >= 15 is 0 Å². The van der Waals surface area contributed by atoms with Gasteiger partial charge in [-0.05, 0) is 25.0 Å². The summed E-state index contributed by atoms with van der Waals surface area (Å²) in [5.41, 5.74) is 1.07. The van der Waals surface area contributed by atoms with E-state index in [2.05, 4.69) is 15.6 Å². The molecule has 1 aromatic carbocycles. The number of hydrogen-bond donors (Lipinski definition) is 2. The van der Waals surface area contributed by atoms with Crippen molar-refractivity contribution >= 4 is 51.6 Å². The highest BCUT2D eigenvalue weighted by atomic mass is 127. The van der Waals surface area contributed by atoms with Gasteiger partial charge in [-0.2, -0.15) is 0 Å². The zero-order valence-electron chi connectivity index (χ0n) is 15.7. The fourth-order valence-electron chi connectivity index (χ4n) is 2.38. The summed E-state index contributed by atoms with van der Waals surface area (Å²) in [6.07, 6.45) is 0.766. The maximum Gasteiger partial charge on any atom is 0.215 e. The van der Waals surface area contributed by atoms with Crippen LogP contribution < -0.4 is 10.6 Å². The predicted octanol–water partition coefficient (Wildman–Crippen LogP) is 2.73. The lowest BCUT2D eigenvalue weighted by molar-refractivity contribution is 0.445. The van der Waals surface area contributed by atoms with E-state index in [9.17, 15) is 8.42 Å². The van der Waals surface area contributed by atoms with Crippen LogP contribution in [0.3, 0.4) is 0 Å². The molecular weight excluding hydrogens is 487 g/mol. The van der Waals surface area contributed by atoms with Gasteiger partial charge in [-0.25, -0.2) is 12.7 Å². The number of hydrogen-bond acceptors (Lipinski definition) is 3. The second-order valence-electron chi connectivity index (χ2n) is 5.43. The second-order valence-corrected chi connectivity index (χ2v) is 7.92. The lowest BCUT2D eigenvalue weighted by Gasteiger charge is -2.18. The number of halogens is 2. The summed E-state index contributed by atoms with van der Waals surface area (Å²) in [5, 5.41) is 7.08. The third-order valence-electron chi connectivity index (χ3n) is 3.71. The van der Waals surface area contributed by atoms with Gasteiger partial charge in [0.1, 0.15) is 0 Å². The average molecular weight is 517 g/mol. The topological polar surface area (TPSA) is 73.8 Å². The van der Waals surface area contributed by atoms with E-state index in [1.807, 2.05) is 45.0 Å². The number of guanidine groups is 1. The molecule has 0 spiro atoms. The van der Waals surface area contributed by atoms with E-state index in [1.54, 1.807) is 0 Å². The molecule has 0 heterocycles. The van der Waals surface area contributed by atoms with Crippen molar-refractivity contribution in [2.24, 2.45) is 4.99 Å². The molecule has 150 valence electrons. The molecular formula is C17H30ClIN4O2S. The minimum Gasteiger partial charge on any atom is -0.357 e. The number of nitrogens with zero attached hydrogens (tertiary/aromatic N) is 2. The van der Waals surface area contributed by atoms with Crippen LogP contribution in [-0.4, -0.2) is 57.2 Å². The molecule has 0 aromatic heterocycles. The summed E-state index contributed by atoms with van der Waals surface area (Å²) in [4.78, 5) is 4.36. The minimum atomic E-state index is -3.25. The number of rotatable bonds is 10. The Morgan fingerprint density at radius 2 is 1.81 bits per heavy atom. The molecule has 0 aliphatic heterocycles. The first-order valence-corrected chi connectivity index (χ1v) is 10.7. The van der Waals surface area contributed by atoms with Gasteiger partial charge < -0.3 is 10.6 Å². The van der Waals surface area contributed by atoms with Gasteiger partial charge >= 0.3 is 0 Å². The Morgan fingerprint density at radius 3 is 2.38 bits per heavy atom. The highest BCUT2D eigenvalue weighted by Crippen LogP contribution is 2.14. The average Bonchev–Trinajstić information content (AvgIpc) is 2.57. The molecule has 0 radical (unpaired) electrons. The molecule has 9 heteroatoms. The molecule has 2 N–H and O–H groups in total. The summed E-state index contributed by atoms with van der Waals surface area (Å²) in [7, 11) is -3.25. The van der Waals surface area contributed by atoms with Crippen molar-refractivity contribution in [3.8, 4) is 0 Å². The molecule has 0 bridgehead atoms. The lowest BCUT2D eigenvalue weighted by atomic mass is 10.1. The number of sulfonamides is 1. The normalized spacial score (nSPS) is 12.0. The summed E-state index contributed by atoms with van der Waals surface area (Å²) < 4.78 is 25.8. The monoisotopic (exact) mass is 516 g/mol. The first kappa shape index (κ1) is 25.4. The summed E-state index contributed by atoms with van der Waals surface area (Å²) in [5.74, 6) is 0.625. The standard InChI is InChI=1S/C17H29ClN4O2S.HI/c1-4-19-17(20-12-11-15-9-7-8-10-16(15)18)21-13-14-25(23,24)22(5-2)6-3;/h7-10H,4-6,11-14H2,1-3H3,(H2,19,20,21);1H. The van der Waals surface area contributed by atoms with Crippen LogP contribution >= 0.6 is 35.6 Å². The van der Waals surface area contributed by atoms with Crippen molar-refractivity contribution in [2.45, 2.75) is 27.2 Å². The highest BCUT2D eigenvalue weighted by Gasteiger charge is 2.17. The van der Waals surface area contributed by atoms with E-state index in [4.69, 9.17) is 11.6 Å². The molecule has 6 nitrogen and oxygen atoms in total. The van der Waals surface area contributed by atoms with Crippen molar-refractivity contribution < 1.29 is 8.42 Å². The van der Waals surface area contributed by atoms with Crippen molar-refractivity contribution in [1.29, 1.82) is 0 Å². The van der Waals surface area contributed by atoms with Gasteiger partial charge in [0.15, 0.2) is 5.96 Å². The van der Waals surface area contributed by atoms with E-state index in [0.29, 0.717) is 32.1 Å². The number of aliphatic imine (C=N–C) groups is 1. The smallest absolute Gasteiger partial charge is 0.215 e. The van der Waals surface area contributed by atoms with Crippen LogP contribution in [0.1, 0.15) is 26.3 Å². The molecule has 0 saturated carbocycles. The van der Waals surface area contributed by atoms with Crippen LogP contribution in [0.25, 0.3) is 0 Å². The van der Waals surface area contributed by atoms with Crippen molar-refractivity contribution in [3.05, 3.63) is 34.9 Å². The van der Waals surface area contributed by atoms with Crippen LogP contribution in [0.2, 0.25) is 5.02 Å². The predicted molar refractivity (Wildman–Crippen MR) is 121 cm³/mol. The third kappa shape index (κ3) is 8.88. The third-order valence-corrected chi connectivity index (χ3v) is 6.08. The summed E-state index contributed by atoms with van der Waals surface area (Å²) in [6, 6.07) is 7.72. The Labute approximate surface area is 179 Å². The molecule has 0 fully saturated rings. The molecule has 0 atom stereocenters. The molecule has 0 saturated heterocycles. The van der Waals surface area contributed by atoms with Gasteiger partial charge in [0.25, 0.3) is 0 Å². The maximum atomic E-state index is 12.2. The zero-order chi connectivity index (χ0) is 18.7. The largest absolute Gasteiger partial charge is 0.357 e. The van der Waals surface area contributed by atoms with E-state index in [-0.39, 0.29) is 36.3 Å². The van der Waals surface area contributed by atoms with E-state index in [1.165, 1.54) is 4.31 Å². The van der Waals surface area contributed by atoms with Gasteiger partial charge in [-0.3, -0.25) is 4.99 Å². The Kier molecular flexibility index (Phi) is 13.3. The molecule has 1 rings (SSSR count). The fraction of sp³-hybridized carbons (Fsp3) is 0.588. The Morgan fingerprint density at radius 1 is 1.15 bits per heavy atom. The van der Waals surface area contributed by atoms with Crippen LogP contribution in [0, 0.1) is 0 Å². The Balaban J connectivity index is 0.00000625. The van der Waals surface area contributed by atoms with Crippen LogP contribution in [0.15, 0.2) is 29.3 Å². The zero-order valence-corrected chi connectivity index (χ0v) is 19.6. The summed E-state index contributed by atoms with van der Waals surface area (Å²) in [6.45, 7) is 8.21. The van der Waals surface area contributed by atoms with E-state index in [0.717, 1.165) is 17.0 Å². The number of benzene rings is 1. The van der Waals surface area contributed by atoms with Gasteiger partial charge in [0.2, 0.25) is 10.0 Å². The van der Waals surface area contributed by atoms with Gasteiger partial charge in [0.05, 0.1) is 12.3 Å². The van der Waals surface area contributed by atoms with Crippen LogP contribution in [-0.2, 0) is 16.4 Å². The first-order valence-electron chi connectivity index (χ1n) is 8.68. The molecule has 0 amide bonds. The van der Waals surface area contributed by atoms with E-state index < -0.39 is 10.0 Å². The highest BCUT2D eigenvalue weighted by molar-refractivity contribution is 14.0. The lowest BCUT2D eigenvalue weighted by Crippen LogP contribution is -2.39. The van der Waals surface area contributed by atoms with Crippen LogP contribution in [0.5, 0.6) is 0 Å². The molecule has 26 heavy (non-hydrogen) atoms.